The minimum atomic E-state index is -3.46. The van der Waals surface area contributed by atoms with Gasteiger partial charge in [0, 0.05) is 25.2 Å². The molecule has 2 atom stereocenters. The molecule has 1 aliphatic carbocycles. The standard InChI is InChI=1S/C13H27N3O3S.ClH/c1-11-8-16(9-12(2)19-11)20(17,18)15-10-13(14)6-4-3-5-7-13;/h11-12,15H,3-10,14H2,1-2H3;1H. The Morgan fingerprint density at radius 2 is 1.71 bits per heavy atom. The molecule has 2 fully saturated rings. The number of ether oxygens (including phenoxy) is 1. The smallest absolute Gasteiger partial charge is 0.279 e. The van der Waals surface area contributed by atoms with Gasteiger partial charge in [0.25, 0.3) is 10.2 Å². The quantitative estimate of drug-likeness (QED) is 0.799. The molecule has 0 radical (unpaired) electrons. The zero-order valence-electron chi connectivity index (χ0n) is 12.9. The Kier molecular flexibility index (Phi) is 6.89. The van der Waals surface area contributed by atoms with Crippen molar-refractivity contribution >= 4 is 22.6 Å². The maximum Gasteiger partial charge on any atom is 0.279 e. The van der Waals surface area contributed by atoms with Gasteiger partial charge in [-0.15, -0.1) is 12.4 Å². The van der Waals surface area contributed by atoms with Crippen LogP contribution < -0.4 is 10.5 Å². The normalized spacial score (nSPS) is 30.6. The summed E-state index contributed by atoms with van der Waals surface area (Å²) in [6.07, 6.45) is 5.02. The molecule has 0 bridgehead atoms. The zero-order chi connectivity index (χ0) is 14.8. The number of nitrogens with two attached hydrogens (primary N) is 1. The Hall–Kier alpha value is 0.0800. The van der Waals surface area contributed by atoms with Crippen LogP contribution in [0.2, 0.25) is 0 Å². The van der Waals surface area contributed by atoms with Crippen LogP contribution in [0.3, 0.4) is 0 Å². The number of halogens is 1. The van der Waals surface area contributed by atoms with Crippen LogP contribution in [0.25, 0.3) is 0 Å². The molecule has 2 rings (SSSR count). The molecule has 1 aliphatic heterocycles. The van der Waals surface area contributed by atoms with E-state index in [1.807, 2.05) is 13.8 Å². The highest BCUT2D eigenvalue weighted by Crippen LogP contribution is 2.25. The fraction of sp³-hybridized carbons (Fsp3) is 1.00. The summed E-state index contributed by atoms with van der Waals surface area (Å²) in [5.41, 5.74) is 5.90. The second-order valence-corrected chi connectivity index (χ2v) is 8.08. The molecule has 0 aromatic heterocycles. The first kappa shape index (κ1) is 19.1. The predicted molar refractivity (Wildman–Crippen MR) is 85.8 cm³/mol. The summed E-state index contributed by atoms with van der Waals surface area (Å²) in [4.78, 5) is 0. The van der Waals surface area contributed by atoms with Crippen molar-refractivity contribution in [1.29, 1.82) is 0 Å². The summed E-state index contributed by atoms with van der Waals surface area (Å²) in [7, 11) is -3.46. The SMILES string of the molecule is CC1CN(S(=O)(=O)NCC2(N)CCCCC2)CC(C)O1.Cl. The van der Waals surface area contributed by atoms with Crippen LogP contribution in [0, 0.1) is 0 Å². The zero-order valence-corrected chi connectivity index (χ0v) is 14.5. The molecule has 2 aliphatic rings. The van der Waals surface area contributed by atoms with Crippen LogP contribution in [0.15, 0.2) is 0 Å². The topological polar surface area (TPSA) is 84.7 Å². The molecule has 1 heterocycles. The lowest BCUT2D eigenvalue weighted by molar-refractivity contribution is -0.0444. The second kappa shape index (κ2) is 7.57. The van der Waals surface area contributed by atoms with Gasteiger partial charge in [0.2, 0.25) is 0 Å². The highest BCUT2D eigenvalue weighted by atomic mass is 35.5. The lowest BCUT2D eigenvalue weighted by Gasteiger charge is -2.37. The van der Waals surface area contributed by atoms with Gasteiger partial charge >= 0.3 is 0 Å². The first-order valence-electron chi connectivity index (χ1n) is 7.50. The molecule has 6 nitrogen and oxygen atoms in total. The first-order chi connectivity index (χ1) is 9.31. The van der Waals surface area contributed by atoms with Gasteiger partial charge in [0.15, 0.2) is 0 Å². The van der Waals surface area contributed by atoms with Crippen molar-refractivity contribution in [2.45, 2.75) is 63.7 Å². The average Bonchev–Trinajstić information content (AvgIpc) is 2.37. The van der Waals surface area contributed by atoms with Crippen LogP contribution in [-0.4, -0.2) is 50.1 Å². The van der Waals surface area contributed by atoms with Gasteiger partial charge in [0.05, 0.1) is 12.2 Å². The van der Waals surface area contributed by atoms with Crippen molar-refractivity contribution in [3.8, 4) is 0 Å². The van der Waals surface area contributed by atoms with Gasteiger partial charge in [-0.3, -0.25) is 0 Å². The van der Waals surface area contributed by atoms with Gasteiger partial charge in [0.1, 0.15) is 0 Å². The van der Waals surface area contributed by atoms with Crippen molar-refractivity contribution in [2.24, 2.45) is 5.73 Å². The van der Waals surface area contributed by atoms with E-state index in [0.29, 0.717) is 19.6 Å². The van der Waals surface area contributed by atoms with Crippen LogP contribution >= 0.6 is 12.4 Å². The summed E-state index contributed by atoms with van der Waals surface area (Å²) >= 11 is 0. The molecule has 2 unspecified atom stereocenters. The van der Waals surface area contributed by atoms with E-state index in [2.05, 4.69) is 4.72 Å². The van der Waals surface area contributed by atoms with Gasteiger partial charge < -0.3 is 10.5 Å². The third-order valence-electron chi connectivity index (χ3n) is 4.18. The second-order valence-electron chi connectivity index (χ2n) is 6.32. The van der Waals surface area contributed by atoms with Gasteiger partial charge in [-0.1, -0.05) is 19.3 Å². The van der Waals surface area contributed by atoms with Crippen molar-refractivity contribution in [3.05, 3.63) is 0 Å². The van der Waals surface area contributed by atoms with Crippen LogP contribution in [0.1, 0.15) is 46.0 Å². The largest absolute Gasteiger partial charge is 0.373 e. The van der Waals surface area contributed by atoms with Crippen molar-refractivity contribution in [1.82, 2.24) is 9.03 Å². The minimum absolute atomic E-state index is 0. The molecule has 8 heteroatoms. The van der Waals surface area contributed by atoms with E-state index in [9.17, 15) is 8.42 Å². The van der Waals surface area contributed by atoms with Crippen LogP contribution in [-0.2, 0) is 14.9 Å². The van der Waals surface area contributed by atoms with E-state index < -0.39 is 10.2 Å². The van der Waals surface area contributed by atoms with E-state index in [1.54, 1.807) is 0 Å². The number of hydrogen-bond donors (Lipinski definition) is 2. The lowest BCUT2D eigenvalue weighted by Crippen LogP contribution is -2.56. The fourth-order valence-corrected chi connectivity index (χ4v) is 4.55. The Morgan fingerprint density at radius 3 is 2.24 bits per heavy atom. The summed E-state index contributed by atoms with van der Waals surface area (Å²) < 4.78 is 34.5. The number of morpholine rings is 1. The number of hydrogen-bond acceptors (Lipinski definition) is 4. The van der Waals surface area contributed by atoms with Crippen molar-refractivity contribution in [3.63, 3.8) is 0 Å². The van der Waals surface area contributed by atoms with Crippen LogP contribution in [0.5, 0.6) is 0 Å². The van der Waals surface area contributed by atoms with Crippen LogP contribution in [0.4, 0.5) is 0 Å². The molecule has 1 saturated carbocycles. The maximum absolute atomic E-state index is 12.4. The van der Waals surface area contributed by atoms with Gasteiger partial charge in [-0.25, -0.2) is 4.72 Å². The molecule has 0 amide bonds. The Bertz CT molecular complexity index is 416. The van der Waals surface area contributed by atoms with Crippen molar-refractivity contribution < 1.29 is 13.2 Å². The third-order valence-corrected chi connectivity index (χ3v) is 5.67. The Labute approximate surface area is 134 Å². The third kappa shape index (κ3) is 5.33. The van der Waals surface area contributed by atoms with E-state index >= 15 is 0 Å². The number of nitrogens with zero attached hydrogens (tertiary/aromatic N) is 1. The number of nitrogens with one attached hydrogen (secondary N) is 1. The molecular weight excluding hydrogens is 314 g/mol. The van der Waals surface area contributed by atoms with E-state index in [4.69, 9.17) is 10.5 Å². The molecule has 0 spiro atoms. The number of rotatable bonds is 4. The highest BCUT2D eigenvalue weighted by Gasteiger charge is 2.34. The summed E-state index contributed by atoms with van der Waals surface area (Å²) in [6.45, 7) is 4.91. The van der Waals surface area contributed by atoms with E-state index in [1.165, 1.54) is 10.7 Å². The molecule has 0 aromatic rings. The summed E-state index contributed by atoms with van der Waals surface area (Å²) in [5, 5.41) is 0. The average molecular weight is 342 g/mol. The fourth-order valence-electron chi connectivity index (χ4n) is 3.09. The van der Waals surface area contributed by atoms with Gasteiger partial charge in [-0.2, -0.15) is 12.7 Å². The predicted octanol–water partition coefficient (Wildman–Crippen LogP) is 1.01. The summed E-state index contributed by atoms with van der Waals surface area (Å²) in [6, 6.07) is 0. The first-order valence-corrected chi connectivity index (χ1v) is 8.94. The maximum atomic E-state index is 12.4. The molecule has 126 valence electrons. The molecule has 21 heavy (non-hydrogen) atoms. The van der Waals surface area contributed by atoms with E-state index in [-0.39, 0.29) is 30.2 Å². The minimum Gasteiger partial charge on any atom is -0.373 e. The van der Waals surface area contributed by atoms with E-state index in [0.717, 1.165) is 25.7 Å². The highest BCUT2D eigenvalue weighted by molar-refractivity contribution is 7.87. The molecule has 3 N–H and O–H groups in total. The molecule has 1 saturated heterocycles. The van der Waals surface area contributed by atoms with Crippen molar-refractivity contribution in [2.75, 3.05) is 19.6 Å². The Morgan fingerprint density at radius 1 is 1.19 bits per heavy atom. The lowest BCUT2D eigenvalue weighted by atomic mass is 9.83. The molecule has 0 aromatic carbocycles. The Balaban J connectivity index is 0.00000220. The molecular formula is C13H28ClN3O3S. The van der Waals surface area contributed by atoms with Gasteiger partial charge in [-0.05, 0) is 26.7 Å². The summed E-state index contributed by atoms with van der Waals surface area (Å²) in [5.74, 6) is 0. The monoisotopic (exact) mass is 341 g/mol.